The molecule has 0 aliphatic carbocycles. The van der Waals surface area contributed by atoms with Gasteiger partial charge in [-0.05, 0) is 24.3 Å². The minimum atomic E-state index is -4.13. The van der Waals surface area contributed by atoms with Crippen molar-refractivity contribution in [2.24, 2.45) is 5.14 Å². The zero-order valence-electron chi connectivity index (χ0n) is 11.7. The summed E-state index contributed by atoms with van der Waals surface area (Å²) in [4.78, 5) is 23.3. The van der Waals surface area contributed by atoms with Gasteiger partial charge < -0.3 is 4.74 Å². The van der Waals surface area contributed by atoms with Crippen molar-refractivity contribution in [3.63, 3.8) is 0 Å². The van der Waals surface area contributed by atoms with Gasteiger partial charge in [0.25, 0.3) is 15.9 Å². The van der Waals surface area contributed by atoms with Gasteiger partial charge in [0.05, 0.1) is 16.9 Å². The van der Waals surface area contributed by atoms with Crippen LogP contribution in [0.15, 0.2) is 46.2 Å². The van der Waals surface area contributed by atoms with Gasteiger partial charge in [-0.25, -0.2) is 26.8 Å². The first-order valence-corrected chi connectivity index (χ1v) is 8.80. The molecular formula is C11H13N3O7S2. The van der Waals surface area contributed by atoms with Gasteiger partial charge in [-0.3, -0.25) is 10.2 Å². The van der Waals surface area contributed by atoms with E-state index >= 15 is 0 Å². The van der Waals surface area contributed by atoms with Crippen LogP contribution < -0.4 is 15.4 Å². The second-order valence-corrected chi connectivity index (χ2v) is 7.21. The number of sulfonamides is 2. The van der Waals surface area contributed by atoms with Crippen molar-refractivity contribution in [1.82, 2.24) is 10.3 Å². The summed E-state index contributed by atoms with van der Waals surface area (Å²) in [5, 5.41) is 4.89. The molecule has 10 nitrogen and oxygen atoms in total. The van der Waals surface area contributed by atoms with Gasteiger partial charge in [0.1, 0.15) is 0 Å². The van der Waals surface area contributed by atoms with Gasteiger partial charge in [0.15, 0.2) is 0 Å². The number of rotatable bonds is 6. The molecule has 0 atom stereocenters. The van der Waals surface area contributed by atoms with Crippen LogP contribution in [0.4, 0.5) is 0 Å². The number of carbonyl (C=O) groups is 2. The molecule has 12 heteroatoms. The third-order valence-corrected chi connectivity index (χ3v) is 4.54. The van der Waals surface area contributed by atoms with Crippen molar-refractivity contribution in [2.45, 2.75) is 9.79 Å². The second kappa shape index (κ2) is 7.32. The zero-order chi connectivity index (χ0) is 17.7. The lowest BCUT2D eigenvalue weighted by atomic mass is 10.4. The molecule has 1 rings (SSSR count). The summed E-state index contributed by atoms with van der Waals surface area (Å²) in [6, 6.07) is 4.00. The molecule has 0 saturated heterocycles. The lowest BCUT2D eigenvalue weighted by Crippen LogP contribution is -2.40. The molecule has 0 aliphatic heterocycles. The van der Waals surface area contributed by atoms with Crippen LogP contribution in [0.2, 0.25) is 0 Å². The molecule has 0 bridgehead atoms. The molecular weight excluding hydrogens is 350 g/mol. The van der Waals surface area contributed by atoms with E-state index in [4.69, 9.17) is 5.14 Å². The Balaban J connectivity index is 2.78. The van der Waals surface area contributed by atoms with Crippen LogP contribution in [-0.2, 0) is 34.4 Å². The van der Waals surface area contributed by atoms with Crippen molar-refractivity contribution in [3.8, 4) is 0 Å². The van der Waals surface area contributed by atoms with E-state index in [2.05, 4.69) is 4.74 Å². The van der Waals surface area contributed by atoms with E-state index < -0.39 is 31.9 Å². The van der Waals surface area contributed by atoms with Crippen molar-refractivity contribution < 1.29 is 31.2 Å². The van der Waals surface area contributed by atoms with Crippen LogP contribution in [0.5, 0.6) is 0 Å². The molecule has 4 N–H and O–H groups in total. The number of hydrogen-bond donors (Lipinski definition) is 3. The Morgan fingerprint density at radius 2 is 1.57 bits per heavy atom. The molecule has 0 aromatic heterocycles. The minimum Gasteiger partial charge on any atom is -0.466 e. The first kappa shape index (κ1) is 18.8. The SMILES string of the molecule is COC(=O)C=CC(=O)NNS(=O)(=O)c1ccc(S(N)(=O)=O)cc1. The average molecular weight is 363 g/mol. The highest BCUT2D eigenvalue weighted by Crippen LogP contribution is 2.12. The predicted molar refractivity (Wildman–Crippen MR) is 77.4 cm³/mol. The molecule has 0 radical (unpaired) electrons. The highest BCUT2D eigenvalue weighted by molar-refractivity contribution is 7.89. The second-order valence-electron chi connectivity index (χ2n) is 3.97. The summed E-state index contributed by atoms with van der Waals surface area (Å²) in [6.45, 7) is 0. The summed E-state index contributed by atoms with van der Waals surface area (Å²) in [6.07, 6.45) is 1.56. The fourth-order valence-corrected chi connectivity index (χ4v) is 2.60. The van der Waals surface area contributed by atoms with Crippen molar-refractivity contribution >= 4 is 31.9 Å². The summed E-state index contributed by atoms with van der Waals surface area (Å²) in [5.41, 5.74) is 1.83. The maximum absolute atomic E-state index is 11.9. The quantitative estimate of drug-likeness (QED) is 0.310. The van der Waals surface area contributed by atoms with Gasteiger partial charge in [-0.2, -0.15) is 0 Å². The molecule has 1 aromatic rings. The Kier molecular flexibility index (Phi) is 5.98. The maximum atomic E-state index is 11.9. The van der Waals surface area contributed by atoms with Crippen LogP contribution in [0.25, 0.3) is 0 Å². The number of methoxy groups -OCH3 is 1. The summed E-state index contributed by atoms with van der Waals surface area (Å²) in [7, 11) is -6.97. The first-order valence-electron chi connectivity index (χ1n) is 5.77. The number of hydrogen-bond acceptors (Lipinski definition) is 7. The number of carbonyl (C=O) groups excluding carboxylic acids is 2. The van der Waals surface area contributed by atoms with Gasteiger partial charge in [0, 0.05) is 12.2 Å². The number of nitrogens with one attached hydrogen (secondary N) is 2. The summed E-state index contributed by atoms with van der Waals surface area (Å²) < 4.78 is 50.1. The Labute approximate surface area is 132 Å². The molecule has 0 spiro atoms. The number of hydrazine groups is 1. The highest BCUT2D eigenvalue weighted by Gasteiger charge is 2.16. The van der Waals surface area contributed by atoms with Crippen molar-refractivity contribution in [3.05, 3.63) is 36.4 Å². The van der Waals surface area contributed by atoms with Gasteiger partial charge >= 0.3 is 5.97 Å². The number of ether oxygens (including phenoxy) is 1. The van der Waals surface area contributed by atoms with E-state index in [1.807, 2.05) is 5.43 Å². The summed E-state index contributed by atoms with van der Waals surface area (Å²) >= 11 is 0. The molecule has 23 heavy (non-hydrogen) atoms. The largest absolute Gasteiger partial charge is 0.466 e. The van der Waals surface area contributed by atoms with Crippen LogP contribution in [-0.4, -0.2) is 35.8 Å². The molecule has 1 amide bonds. The molecule has 0 fully saturated rings. The Bertz CT molecular complexity index is 827. The zero-order valence-corrected chi connectivity index (χ0v) is 13.3. The van der Waals surface area contributed by atoms with E-state index in [1.165, 1.54) is 0 Å². The third-order valence-electron chi connectivity index (χ3n) is 2.34. The standard InChI is InChI=1S/C11H13N3O7S2/c1-21-11(16)7-6-10(15)13-14-23(19,20)9-4-2-8(3-5-9)22(12,17)18/h2-7,14H,1H3,(H,13,15)(H2,12,17,18). The van der Waals surface area contributed by atoms with Crippen LogP contribution in [0, 0.1) is 0 Å². The van der Waals surface area contributed by atoms with E-state index in [0.29, 0.717) is 0 Å². The predicted octanol–water partition coefficient (Wildman–Crippen LogP) is -1.63. The Morgan fingerprint density at radius 3 is 2.04 bits per heavy atom. The average Bonchev–Trinajstić information content (AvgIpc) is 2.50. The van der Waals surface area contributed by atoms with Gasteiger partial charge in [-0.15, -0.1) is 4.83 Å². The molecule has 0 saturated carbocycles. The van der Waals surface area contributed by atoms with Crippen LogP contribution in [0.1, 0.15) is 0 Å². The Hall–Kier alpha value is -2.28. The lowest BCUT2D eigenvalue weighted by Gasteiger charge is -2.07. The topological polar surface area (TPSA) is 162 Å². The van der Waals surface area contributed by atoms with Crippen molar-refractivity contribution in [1.29, 1.82) is 0 Å². The molecule has 1 aromatic carbocycles. The Morgan fingerprint density at radius 1 is 1.04 bits per heavy atom. The van der Waals surface area contributed by atoms with E-state index in [-0.39, 0.29) is 9.79 Å². The first-order chi connectivity index (χ1) is 10.6. The van der Waals surface area contributed by atoms with E-state index in [9.17, 15) is 26.4 Å². The number of benzene rings is 1. The molecule has 0 aliphatic rings. The monoisotopic (exact) mass is 363 g/mol. The smallest absolute Gasteiger partial charge is 0.330 e. The summed E-state index contributed by atoms with van der Waals surface area (Å²) in [5.74, 6) is -1.71. The molecule has 126 valence electrons. The number of primary sulfonamides is 1. The fraction of sp³-hybridized carbons (Fsp3) is 0.0909. The van der Waals surface area contributed by atoms with Crippen LogP contribution >= 0.6 is 0 Å². The number of esters is 1. The fourth-order valence-electron chi connectivity index (χ4n) is 1.24. The van der Waals surface area contributed by atoms with E-state index in [0.717, 1.165) is 43.5 Å². The maximum Gasteiger partial charge on any atom is 0.330 e. The van der Waals surface area contributed by atoms with Crippen LogP contribution in [0.3, 0.4) is 0 Å². The van der Waals surface area contributed by atoms with E-state index in [1.54, 1.807) is 4.83 Å². The van der Waals surface area contributed by atoms with Crippen molar-refractivity contribution in [2.75, 3.05) is 7.11 Å². The normalized spacial score (nSPS) is 12.1. The van der Waals surface area contributed by atoms with Gasteiger partial charge in [-0.1, -0.05) is 0 Å². The number of amides is 1. The minimum absolute atomic E-state index is 0.263. The third kappa shape index (κ3) is 5.78. The van der Waals surface area contributed by atoms with Gasteiger partial charge in [0.2, 0.25) is 10.0 Å². The lowest BCUT2D eigenvalue weighted by molar-refractivity contribution is -0.135. The highest BCUT2D eigenvalue weighted by atomic mass is 32.2. The molecule has 0 unspecified atom stereocenters. The molecule has 0 heterocycles. The number of nitrogens with two attached hydrogens (primary N) is 1.